The minimum atomic E-state index is -0.664. The van der Waals surface area contributed by atoms with Gasteiger partial charge in [0.25, 0.3) is 0 Å². The summed E-state index contributed by atoms with van der Waals surface area (Å²) < 4.78 is 15.4. The number of carbonyl (C=O) groups excluding carboxylic acids is 2. The maximum absolute atomic E-state index is 13.1. The molecule has 0 unspecified atom stereocenters. The number of hydrogen-bond acceptors (Lipinski definition) is 6. The van der Waals surface area contributed by atoms with Crippen LogP contribution in [-0.4, -0.2) is 38.2 Å². The summed E-state index contributed by atoms with van der Waals surface area (Å²) in [6.45, 7) is 1.87. The van der Waals surface area contributed by atoms with E-state index in [9.17, 15) is 14.7 Å². The first-order valence-corrected chi connectivity index (χ1v) is 8.22. The normalized spacial score (nSPS) is 12.2. The number of esters is 1. The van der Waals surface area contributed by atoms with Crippen LogP contribution in [0.2, 0.25) is 0 Å². The SMILES string of the molecule is CCc1cc2c(c(O)c1C(=O)OC)C(=O)c1c(cc(OC)cc1OC)C2. The third-order valence-corrected chi connectivity index (χ3v) is 4.68. The van der Waals surface area contributed by atoms with E-state index in [2.05, 4.69) is 0 Å². The lowest BCUT2D eigenvalue weighted by atomic mass is 9.81. The van der Waals surface area contributed by atoms with Crippen molar-refractivity contribution in [1.29, 1.82) is 0 Å². The van der Waals surface area contributed by atoms with Crippen molar-refractivity contribution in [2.45, 2.75) is 19.8 Å². The van der Waals surface area contributed by atoms with Gasteiger partial charge in [0.15, 0.2) is 0 Å². The fraction of sp³-hybridized carbons (Fsp3) is 0.300. The summed E-state index contributed by atoms with van der Waals surface area (Å²) in [5, 5.41) is 10.7. The average molecular weight is 356 g/mol. The summed E-state index contributed by atoms with van der Waals surface area (Å²) in [6, 6.07) is 5.20. The number of phenols is 1. The molecule has 3 rings (SSSR count). The predicted octanol–water partition coefficient (Wildman–Crippen LogP) is 2.89. The Balaban J connectivity index is 2.27. The van der Waals surface area contributed by atoms with Crippen LogP contribution < -0.4 is 9.47 Å². The number of ether oxygens (including phenoxy) is 3. The topological polar surface area (TPSA) is 82.1 Å². The molecule has 2 aromatic carbocycles. The van der Waals surface area contributed by atoms with E-state index in [0.29, 0.717) is 41.0 Å². The quantitative estimate of drug-likeness (QED) is 0.724. The van der Waals surface area contributed by atoms with E-state index in [-0.39, 0.29) is 22.7 Å². The highest BCUT2D eigenvalue weighted by Crippen LogP contribution is 2.41. The minimum absolute atomic E-state index is 0.0398. The van der Waals surface area contributed by atoms with E-state index in [1.54, 1.807) is 25.3 Å². The molecule has 1 aliphatic rings. The van der Waals surface area contributed by atoms with Crippen LogP contribution in [0.5, 0.6) is 17.2 Å². The predicted molar refractivity (Wildman–Crippen MR) is 94.6 cm³/mol. The van der Waals surface area contributed by atoms with Crippen molar-refractivity contribution in [2.24, 2.45) is 0 Å². The Morgan fingerprint density at radius 3 is 2.35 bits per heavy atom. The van der Waals surface area contributed by atoms with Gasteiger partial charge in [-0.3, -0.25) is 4.79 Å². The minimum Gasteiger partial charge on any atom is -0.506 e. The summed E-state index contributed by atoms with van der Waals surface area (Å²) >= 11 is 0. The number of hydrogen-bond donors (Lipinski definition) is 1. The second-order valence-electron chi connectivity index (χ2n) is 6.01. The molecule has 0 saturated carbocycles. The van der Waals surface area contributed by atoms with Crippen LogP contribution in [0.4, 0.5) is 0 Å². The van der Waals surface area contributed by atoms with E-state index >= 15 is 0 Å². The highest BCUT2D eigenvalue weighted by molar-refractivity contribution is 6.17. The average Bonchev–Trinajstić information content (AvgIpc) is 2.65. The maximum Gasteiger partial charge on any atom is 0.341 e. The number of methoxy groups -OCH3 is 3. The number of benzene rings is 2. The Kier molecular flexibility index (Phi) is 4.59. The van der Waals surface area contributed by atoms with Crippen LogP contribution in [0.15, 0.2) is 18.2 Å². The van der Waals surface area contributed by atoms with E-state index in [1.807, 2.05) is 6.92 Å². The molecule has 6 heteroatoms. The molecule has 0 saturated heterocycles. The lowest BCUT2D eigenvalue weighted by molar-refractivity contribution is 0.0596. The standard InChI is InChI=1S/C20H20O6/c1-5-10-6-11-7-12-8-13(24-2)9-14(25-3)15(12)18(21)16(11)19(22)17(10)20(23)26-4/h6,8-9,22H,5,7H2,1-4H3. The first-order valence-electron chi connectivity index (χ1n) is 8.22. The molecule has 0 fully saturated rings. The van der Waals surface area contributed by atoms with Gasteiger partial charge in [-0.15, -0.1) is 0 Å². The monoisotopic (exact) mass is 356 g/mol. The van der Waals surface area contributed by atoms with Crippen LogP contribution in [-0.2, 0) is 17.6 Å². The number of fused-ring (bicyclic) bond motifs is 2. The lowest BCUT2D eigenvalue weighted by Gasteiger charge is -2.24. The summed E-state index contributed by atoms with van der Waals surface area (Å²) in [7, 11) is 4.26. The Morgan fingerprint density at radius 2 is 1.77 bits per heavy atom. The molecule has 0 aliphatic heterocycles. The molecular weight excluding hydrogens is 336 g/mol. The molecule has 1 aliphatic carbocycles. The smallest absolute Gasteiger partial charge is 0.341 e. The fourth-order valence-corrected chi connectivity index (χ4v) is 3.44. The molecule has 0 radical (unpaired) electrons. The van der Waals surface area contributed by atoms with Crippen LogP contribution in [0, 0.1) is 0 Å². The first kappa shape index (κ1) is 17.8. The molecule has 0 bridgehead atoms. The number of aryl methyl sites for hydroxylation is 1. The van der Waals surface area contributed by atoms with E-state index in [0.717, 1.165) is 5.56 Å². The van der Waals surface area contributed by atoms with Crippen molar-refractivity contribution >= 4 is 11.8 Å². The Hall–Kier alpha value is -3.02. The summed E-state index contributed by atoms with van der Waals surface area (Å²) in [5.41, 5.74) is 2.60. The zero-order valence-electron chi connectivity index (χ0n) is 15.1. The molecule has 0 spiro atoms. The van der Waals surface area contributed by atoms with E-state index in [4.69, 9.17) is 14.2 Å². The number of rotatable bonds is 4. The second kappa shape index (κ2) is 6.71. The van der Waals surface area contributed by atoms with Gasteiger partial charge < -0.3 is 19.3 Å². The van der Waals surface area contributed by atoms with Gasteiger partial charge in [0.05, 0.1) is 32.5 Å². The van der Waals surface area contributed by atoms with E-state index in [1.165, 1.54) is 14.2 Å². The van der Waals surface area contributed by atoms with Gasteiger partial charge in [-0.25, -0.2) is 4.79 Å². The molecule has 1 N–H and O–H groups in total. The molecule has 0 aromatic heterocycles. The summed E-state index contributed by atoms with van der Waals surface area (Å²) in [6.07, 6.45) is 0.944. The Labute approximate surface area is 151 Å². The van der Waals surface area contributed by atoms with Crippen molar-refractivity contribution in [3.05, 3.63) is 51.6 Å². The largest absolute Gasteiger partial charge is 0.506 e. The number of aromatic hydroxyl groups is 1. The molecule has 2 aromatic rings. The van der Waals surface area contributed by atoms with Crippen molar-refractivity contribution in [1.82, 2.24) is 0 Å². The summed E-state index contributed by atoms with van der Waals surface area (Å²) in [5.74, 6) is -0.426. The van der Waals surface area contributed by atoms with Gasteiger partial charge in [0.1, 0.15) is 22.8 Å². The van der Waals surface area contributed by atoms with Crippen molar-refractivity contribution in [2.75, 3.05) is 21.3 Å². The van der Waals surface area contributed by atoms with Crippen LogP contribution >= 0.6 is 0 Å². The number of phenolic OH excluding ortho intramolecular Hbond substituents is 1. The van der Waals surface area contributed by atoms with Gasteiger partial charge >= 0.3 is 5.97 Å². The van der Waals surface area contributed by atoms with Crippen molar-refractivity contribution in [3.8, 4) is 17.2 Å². The van der Waals surface area contributed by atoms with Crippen molar-refractivity contribution < 1.29 is 28.9 Å². The second-order valence-corrected chi connectivity index (χ2v) is 6.01. The Bertz CT molecular complexity index is 913. The molecule has 0 atom stereocenters. The van der Waals surface area contributed by atoms with Gasteiger partial charge in [-0.2, -0.15) is 0 Å². The van der Waals surface area contributed by atoms with Crippen LogP contribution in [0.1, 0.15) is 49.9 Å². The molecule has 0 amide bonds. The Morgan fingerprint density at radius 1 is 1.08 bits per heavy atom. The van der Waals surface area contributed by atoms with Gasteiger partial charge in [-0.05, 0) is 35.6 Å². The molecular formula is C20H20O6. The first-order chi connectivity index (χ1) is 12.5. The van der Waals surface area contributed by atoms with Crippen molar-refractivity contribution in [3.63, 3.8) is 0 Å². The summed E-state index contributed by atoms with van der Waals surface area (Å²) in [4.78, 5) is 25.3. The lowest BCUT2D eigenvalue weighted by Crippen LogP contribution is -2.19. The third kappa shape index (κ3) is 2.58. The van der Waals surface area contributed by atoms with Gasteiger partial charge in [0.2, 0.25) is 5.78 Å². The molecule has 26 heavy (non-hydrogen) atoms. The highest BCUT2D eigenvalue weighted by Gasteiger charge is 2.33. The van der Waals surface area contributed by atoms with Crippen LogP contribution in [0.3, 0.4) is 0 Å². The number of ketones is 1. The molecule has 136 valence electrons. The fourth-order valence-electron chi connectivity index (χ4n) is 3.44. The van der Waals surface area contributed by atoms with E-state index < -0.39 is 5.97 Å². The zero-order valence-corrected chi connectivity index (χ0v) is 15.1. The van der Waals surface area contributed by atoms with Gasteiger partial charge in [0, 0.05) is 6.07 Å². The van der Waals surface area contributed by atoms with Crippen LogP contribution in [0.25, 0.3) is 0 Å². The van der Waals surface area contributed by atoms with Gasteiger partial charge in [-0.1, -0.05) is 13.0 Å². The third-order valence-electron chi connectivity index (χ3n) is 4.68. The highest BCUT2D eigenvalue weighted by atomic mass is 16.5. The number of carbonyl (C=O) groups is 2. The maximum atomic E-state index is 13.1. The molecule has 0 heterocycles. The molecule has 6 nitrogen and oxygen atoms in total. The zero-order chi connectivity index (χ0) is 19.0.